The number of amides is 2. The van der Waals surface area contributed by atoms with Crippen LogP contribution >= 0.6 is 15.9 Å². The van der Waals surface area contributed by atoms with E-state index in [0.717, 1.165) is 28.6 Å². The van der Waals surface area contributed by atoms with Gasteiger partial charge in [-0.05, 0) is 30.2 Å². The van der Waals surface area contributed by atoms with Gasteiger partial charge in [0.1, 0.15) is 6.04 Å². The zero-order chi connectivity index (χ0) is 21.1. The fourth-order valence-electron chi connectivity index (χ4n) is 4.89. The Kier molecular flexibility index (Phi) is 4.96. The Balaban J connectivity index is 1.83. The molecular weight excluding hydrogens is 432 g/mol. The van der Waals surface area contributed by atoms with E-state index in [0.29, 0.717) is 6.54 Å². The minimum Gasteiger partial charge on any atom is -0.353 e. The lowest BCUT2D eigenvalue weighted by Gasteiger charge is -2.38. The van der Waals surface area contributed by atoms with Crippen LogP contribution in [0.4, 0.5) is 5.69 Å². The summed E-state index contributed by atoms with van der Waals surface area (Å²) in [5.41, 5.74) is 1.30. The van der Waals surface area contributed by atoms with Crippen LogP contribution in [0.2, 0.25) is 0 Å². The molecule has 0 bridgehead atoms. The molecule has 0 saturated carbocycles. The molecule has 0 radical (unpaired) electrons. The van der Waals surface area contributed by atoms with Crippen LogP contribution < -0.4 is 4.90 Å². The molecule has 3 aliphatic heterocycles. The van der Waals surface area contributed by atoms with Crippen LogP contribution in [-0.4, -0.2) is 41.1 Å². The highest BCUT2D eigenvalue weighted by Gasteiger charge is 2.64. The van der Waals surface area contributed by atoms with E-state index < -0.39 is 23.3 Å². The molecule has 2 saturated heterocycles. The third kappa shape index (κ3) is 3.07. The van der Waals surface area contributed by atoms with Crippen molar-refractivity contribution < 1.29 is 14.4 Å². The van der Waals surface area contributed by atoms with Crippen molar-refractivity contribution >= 4 is 45.3 Å². The molecule has 2 amide bonds. The molecular formula is C23H27BrN2O3. The number of halogens is 1. The van der Waals surface area contributed by atoms with E-state index >= 15 is 0 Å². The van der Waals surface area contributed by atoms with Crippen molar-refractivity contribution in [1.29, 1.82) is 0 Å². The van der Waals surface area contributed by atoms with Gasteiger partial charge in [0.15, 0.2) is 5.78 Å². The zero-order valence-corrected chi connectivity index (χ0v) is 18.9. The van der Waals surface area contributed by atoms with Gasteiger partial charge in [0.05, 0.1) is 17.9 Å². The number of benzene rings is 1. The van der Waals surface area contributed by atoms with Crippen LogP contribution in [0.1, 0.15) is 46.1 Å². The fraction of sp³-hybridized carbons (Fsp3) is 0.522. The average Bonchev–Trinajstić information content (AvgIpc) is 3.12. The lowest BCUT2D eigenvalue weighted by atomic mass is 9.79. The molecule has 29 heavy (non-hydrogen) atoms. The summed E-state index contributed by atoms with van der Waals surface area (Å²) in [4.78, 5) is 43.6. The van der Waals surface area contributed by atoms with E-state index in [1.54, 1.807) is 0 Å². The van der Waals surface area contributed by atoms with E-state index in [2.05, 4.69) is 15.9 Å². The number of unbranched alkanes of at least 4 members (excludes halogenated alkanes) is 1. The summed E-state index contributed by atoms with van der Waals surface area (Å²) < 4.78 is 0.954. The Labute approximate surface area is 180 Å². The molecule has 5 nitrogen and oxygen atoms in total. The predicted octanol–water partition coefficient (Wildman–Crippen LogP) is 4.05. The molecule has 0 aromatic heterocycles. The Hall–Kier alpha value is -1.95. The van der Waals surface area contributed by atoms with Crippen molar-refractivity contribution in [3.63, 3.8) is 0 Å². The normalized spacial score (nSPS) is 27.9. The van der Waals surface area contributed by atoms with E-state index in [-0.39, 0.29) is 23.6 Å². The number of Topliss-reactive ketones (excluding diaryl/α,β-unsaturated/α-hetero) is 1. The minimum atomic E-state index is -0.627. The van der Waals surface area contributed by atoms with Crippen LogP contribution in [0.15, 0.2) is 28.7 Å². The number of ketones is 1. The third-order valence-corrected chi connectivity index (χ3v) is 6.80. The second kappa shape index (κ2) is 7.08. The smallest absolute Gasteiger partial charge is 0.235 e. The highest BCUT2D eigenvalue weighted by molar-refractivity contribution is 9.10. The number of carbonyl (C=O) groups excluding carboxylic acids is 3. The standard InChI is InChI=1S/C23H27BrN2O3/c1-5-6-11-25-21(28)17-16-9-7-13-12-14(24)8-10-15(13)26(16)19(18(17)22(25)29)20(27)23(2,3)4/h7-10,12,16-19H,5-6,11H2,1-4H3/t16-,17-,18-,19+/m1/s1. The van der Waals surface area contributed by atoms with E-state index in [4.69, 9.17) is 0 Å². The summed E-state index contributed by atoms with van der Waals surface area (Å²) in [6, 6.07) is 5.03. The summed E-state index contributed by atoms with van der Waals surface area (Å²) in [5, 5.41) is 0. The molecule has 1 aromatic carbocycles. The van der Waals surface area contributed by atoms with Crippen molar-refractivity contribution in [2.75, 3.05) is 11.4 Å². The van der Waals surface area contributed by atoms with Gasteiger partial charge in [-0.2, -0.15) is 0 Å². The van der Waals surface area contributed by atoms with Gasteiger partial charge >= 0.3 is 0 Å². The number of anilines is 1. The van der Waals surface area contributed by atoms with Crippen LogP contribution in [0.3, 0.4) is 0 Å². The van der Waals surface area contributed by atoms with Gasteiger partial charge < -0.3 is 4.90 Å². The van der Waals surface area contributed by atoms with Gasteiger partial charge in [0.2, 0.25) is 11.8 Å². The Bertz CT molecular complexity index is 917. The van der Waals surface area contributed by atoms with Crippen molar-refractivity contribution in [2.24, 2.45) is 17.3 Å². The molecule has 4 rings (SSSR count). The fourth-order valence-corrected chi connectivity index (χ4v) is 5.26. The minimum absolute atomic E-state index is 0.0117. The zero-order valence-electron chi connectivity index (χ0n) is 17.3. The third-order valence-electron chi connectivity index (χ3n) is 6.30. The first-order valence-electron chi connectivity index (χ1n) is 10.3. The number of likely N-dealkylation sites (tertiary alicyclic amines) is 1. The lowest BCUT2D eigenvalue weighted by Crippen LogP contribution is -2.51. The molecule has 2 fully saturated rings. The maximum Gasteiger partial charge on any atom is 0.235 e. The van der Waals surface area contributed by atoms with Gasteiger partial charge in [0, 0.05) is 22.1 Å². The van der Waals surface area contributed by atoms with E-state index in [1.807, 2.05) is 62.9 Å². The number of fused-ring (bicyclic) bond motifs is 5. The Morgan fingerprint density at radius 3 is 2.48 bits per heavy atom. The summed E-state index contributed by atoms with van der Waals surface area (Å²) in [6.07, 6.45) is 5.70. The first-order valence-corrected chi connectivity index (χ1v) is 11.1. The van der Waals surface area contributed by atoms with Crippen molar-refractivity contribution in [1.82, 2.24) is 4.90 Å². The summed E-state index contributed by atoms with van der Waals surface area (Å²) in [6.45, 7) is 8.14. The second-order valence-electron chi connectivity index (χ2n) is 9.25. The highest BCUT2D eigenvalue weighted by atomic mass is 79.9. The van der Waals surface area contributed by atoms with Crippen molar-refractivity contribution in [3.8, 4) is 0 Å². The number of imide groups is 1. The largest absolute Gasteiger partial charge is 0.353 e. The monoisotopic (exact) mass is 458 g/mol. The molecule has 0 aliphatic carbocycles. The Morgan fingerprint density at radius 2 is 1.83 bits per heavy atom. The molecule has 0 N–H and O–H groups in total. The first kappa shape index (κ1) is 20.3. The van der Waals surface area contributed by atoms with Crippen LogP contribution in [0.5, 0.6) is 0 Å². The average molecular weight is 459 g/mol. The van der Waals surface area contributed by atoms with Gasteiger partial charge in [-0.3, -0.25) is 19.3 Å². The molecule has 1 aromatic rings. The summed E-state index contributed by atoms with van der Waals surface area (Å²) in [7, 11) is 0. The van der Waals surface area contributed by atoms with Gasteiger partial charge in [-0.1, -0.05) is 62.2 Å². The van der Waals surface area contributed by atoms with E-state index in [1.165, 1.54) is 4.90 Å². The Morgan fingerprint density at radius 1 is 1.14 bits per heavy atom. The van der Waals surface area contributed by atoms with E-state index in [9.17, 15) is 14.4 Å². The summed E-state index contributed by atoms with van der Waals surface area (Å²) >= 11 is 3.50. The predicted molar refractivity (Wildman–Crippen MR) is 116 cm³/mol. The molecule has 3 aliphatic rings. The lowest BCUT2D eigenvalue weighted by molar-refractivity contribution is -0.142. The quantitative estimate of drug-likeness (QED) is 0.638. The van der Waals surface area contributed by atoms with Crippen LogP contribution in [0, 0.1) is 17.3 Å². The number of hydrogen-bond acceptors (Lipinski definition) is 4. The highest BCUT2D eigenvalue weighted by Crippen LogP contribution is 2.50. The van der Waals surface area contributed by atoms with Crippen molar-refractivity contribution in [3.05, 3.63) is 34.3 Å². The summed E-state index contributed by atoms with van der Waals surface area (Å²) in [5.74, 6) is -1.41. The van der Waals surface area contributed by atoms with Gasteiger partial charge in [0.25, 0.3) is 0 Å². The number of carbonyl (C=O) groups is 3. The first-order chi connectivity index (χ1) is 13.7. The molecule has 0 unspecified atom stereocenters. The van der Waals surface area contributed by atoms with Crippen LogP contribution in [-0.2, 0) is 14.4 Å². The second-order valence-corrected chi connectivity index (χ2v) is 10.2. The molecule has 154 valence electrons. The molecule has 3 heterocycles. The topological polar surface area (TPSA) is 57.7 Å². The van der Waals surface area contributed by atoms with Gasteiger partial charge in [-0.15, -0.1) is 0 Å². The van der Waals surface area contributed by atoms with Gasteiger partial charge in [-0.25, -0.2) is 0 Å². The van der Waals surface area contributed by atoms with Crippen molar-refractivity contribution in [2.45, 2.75) is 52.6 Å². The molecule has 4 atom stereocenters. The SMILES string of the molecule is CCCCN1C(=O)[C@@H]2[C@H](C1=O)[C@H]1C=Cc3cc(Br)ccc3N1[C@@H]2C(=O)C(C)(C)C. The maximum absolute atomic E-state index is 13.6. The number of nitrogens with zero attached hydrogens (tertiary/aromatic N) is 2. The van der Waals surface area contributed by atoms with Crippen LogP contribution in [0.25, 0.3) is 6.08 Å². The molecule has 0 spiro atoms. The molecule has 6 heteroatoms. The maximum atomic E-state index is 13.6. The number of hydrogen-bond donors (Lipinski definition) is 0. The number of rotatable bonds is 4.